The number of anilines is 1. The van der Waals surface area contributed by atoms with Crippen LogP contribution < -0.4 is 4.90 Å². The van der Waals surface area contributed by atoms with Gasteiger partial charge in [0.25, 0.3) is 5.91 Å². The van der Waals surface area contributed by atoms with Crippen LogP contribution in [-0.2, 0) is 9.53 Å². The lowest BCUT2D eigenvalue weighted by Crippen LogP contribution is -2.42. The summed E-state index contributed by atoms with van der Waals surface area (Å²) in [5.41, 5.74) is 0.677. The van der Waals surface area contributed by atoms with Gasteiger partial charge in [-0.15, -0.1) is 0 Å². The van der Waals surface area contributed by atoms with Gasteiger partial charge < -0.3 is 14.5 Å². The summed E-state index contributed by atoms with van der Waals surface area (Å²) >= 11 is 0. The first-order valence-corrected chi connectivity index (χ1v) is 9.76. The van der Waals surface area contributed by atoms with E-state index in [-0.39, 0.29) is 17.8 Å². The van der Waals surface area contributed by atoms with Crippen LogP contribution in [0.5, 0.6) is 0 Å². The van der Waals surface area contributed by atoms with E-state index in [1.807, 2.05) is 24.0 Å². The van der Waals surface area contributed by atoms with E-state index < -0.39 is 0 Å². The van der Waals surface area contributed by atoms with Crippen LogP contribution in [0.2, 0.25) is 0 Å². The molecule has 142 valence electrons. The summed E-state index contributed by atoms with van der Waals surface area (Å²) < 4.78 is 5.11. The van der Waals surface area contributed by atoms with Crippen molar-refractivity contribution < 1.29 is 14.3 Å². The zero-order valence-electron chi connectivity index (χ0n) is 15.8. The number of aromatic nitrogens is 1. The second kappa shape index (κ2) is 8.52. The highest BCUT2D eigenvalue weighted by Gasteiger charge is 2.30. The number of amides is 1. The van der Waals surface area contributed by atoms with Crippen molar-refractivity contribution in [3.8, 4) is 0 Å². The number of rotatable bonds is 4. The van der Waals surface area contributed by atoms with E-state index in [0.717, 1.165) is 25.3 Å². The number of carbonyl (C=O) groups excluding carboxylic acids is 2. The molecule has 0 N–H and O–H groups in total. The Morgan fingerprint density at radius 1 is 1.23 bits per heavy atom. The number of esters is 1. The predicted octanol–water partition coefficient (Wildman–Crippen LogP) is 2.73. The number of nitrogens with zero attached hydrogens (tertiary/aromatic N) is 3. The summed E-state index contributed by atoms with van der Waals surface area (Å²) in [6.45, 7) is 7.55. The first-order valence-electron chi connectivity index (χ1n) is 9.76. The SMILES string of the molecule is CCOC(=O)C1CCN(C(=O)c2cccnc2N2CCCC(C)C2)CC1. The lowest BCUT2D eigenvalue weighted by atomic mass is 9.96. The van der Waals surface area contributed by atoms with Crippen LogP contribution in [0.3, 0.4) is 0 Å². The molecule has 1 aromatic heterocycles. The fourth-order valence-corrected chi connectivity index (χ4v) is 3.95. The molecule has 2 aliphatic heterocycles. The molecule has 2 saturated heterocycles. The van der Waals surface area contributed by atoms with Crippen molar-refractivity contribution in [2.24, 2.45) is 11.8 Å². The smallest absolute Gasteiger partial charge is 0.309 e. The average Bonchev–Trinajstić information content (AvgIpc) is 2.68. The van der Waals surface area contributed by atoms with Crippen LogP contribution >= 0.6 is 0 Å². The minimum absolute atomic E-state index is 0.0219. The Morgan fingerprint density at radius 3 is 2.69 bits per heavy atom. The van der Waals surface area contributed by atoms with Gasteiger partial charge in [0.15, 0.2) is 0 Å². The lowest BCUT2D eigenvalue weighted by Gasteiger charge is -2.35. The first-order chi connectivity index (χ1) is 12.6. The Balaban J connectivity index is 1.68. The molecule has 2 fully saturated rings. The van der Waals surface area contributed by atoms with Gasteiger partial charge >= 0.3 is 5.97 Å². The van der Waals surface area contributed by atoms with Crippen molar-refractivity contribution in [3.63, 3.8) is 0 Å². The highest BCUT2D eigenvalue weighted by atomic mass is 16.5. The minimum Gasteiger partial charge on any atom is -0.466 e. The Labute approximate surface area is 155 Å². The molecule has 6 nitrogen and oxygen atoms in total. The molecule has 0 radical (unpaired) electrons. The predicted molar refractivity (Wildman–Crippen MR) is 100 cm³/mol. The van der Waals surface area contributed by atoms with Gasteiger partial charge in [0.1, 0.15) is 5.82 Å². The molecule has 0 bridgehead atoms. The van der Waals surface area contributed by atoms with Crippen molar-refractivity contribution in [2.45, 2.75) is 39.5 Å². The lowest BCUT2D eigenvalue weighted by molar-refractivity contribution is -0.149. The van der Waals surface area contributed by atoms with E-state index in [1.165, 1.54) is 6.42 Å². The summed E-state index contributed by atoms with van der Waals surface area (Å²) in [5.74, 6) is 1.22. The van der Waals surface area contributed by atoms with Gasteiger partial charge in [-0.25, -0.2) is 4.98 Å². The molecule has 1 atom stereocenters. The van der Waals surface area contributed by atoms with Crippen molar-refractivity contribution in [3.05, 3.63) is 23.9 Å². The zero-order valence-corrected chi connectivity index (χ0v) is 15.8. The minimum atomic E-state index is -0.135. The first kappa shape index (κ1) is 18.7. The van der Waals surface area contributed by atoms with Crippen molar-refractivity contribution in [2.75, 3.05) is 37.7 Å². The molecule has 3 rings (SSSR count). The highest BCUT2D eigenvalue weighted by molar-refractivity contribution is 5.99. The van der Waals surface area contributed by atoms with E-state index in [9.17, 15) is 9.59 Å². The third-order valence-electron chi connectivity index (χ3n) is 5.38. The van der Waals surface area contributed by atoms with Crippen LogP contribution in [0.1, 0.15) is 49.9 Å². The molecule has 1 aromatic rings. The molecule has 3 heterocycles. The van der Waals surface area contributed by atoms with Gasteiger partial charge in [-0.1, -0.05) is 6.92 Å². The van der Waals surface area contributed by atoms with Crippen molar-refractivity contribution >= 4 is 17.7 Å². The summed E-state index contributed by atoms with van der Waals surface area (Å²) in [6, 6.07) is 3.71. The van der Waals surface area contributed by atoms with Crippen LogP contribution in [-0.4, -0.2) is 54.5 Å². The van der Waals surface area contributed by atoms with Gasteiger partial charge in [-0.3, -0.25) is 9.59 Å². The Morgan fingerprint density at radius 2 is 2.00 bits per heavy atom. The maximum absolute atomic E-state index is 13.1. The maximum Gasteiger partial charge on any atom is 0.309 e. The molecule has 0 spiro atoms. The van der Waals surface area contributed by atoms with E-state index in [2.05, 4.69) is 16.8 Å². The molecule has 2 aliphatic rings. The number of hydrogen-bond donors (Lipinski definition) is 0. The van der Waals surface area contributed by atoms with Crippen LogP contribution in [0, 0.1) is 11.8 Å². The molecular weight excluding hydrogens is 330 g/mol. The Bertz CT molecular complexity index is 641. The molecule has 1 amide bonds. The van der Waals surface area contributed by atoms with E-state index in [0.29, 0.717) is 44.0 Å². The fraction of sp³-hybridized carbons (Fsp3) is 0.650. The third-order valence-corrected chi connectivity index (χ3v) is 5.38. The fourth-order valence-electron chi connectivity index (χ4n) is 3.95. The topological polar surface area (TPSA) is 62.7 Å². The number of ether oxygens (including phenoxy) is 1. The van der Waals surface area contributed by atoms with Crippen molar-refractivity contribution in [1.82, 2.24) is 9.88 Å². The number of likely N-dealkylation sites (tertiary alicyclic amines) is 1. The van der Waals surface area contributed by atoms with Gasteiger partial charge in [0, 0.05) is 32.4 Å². The standard InChI is InChI=1S/C20H29N3O3/c1-3-26-20(25)16-8-12-22(13-9-16)19(24)17-7-4-10-21-18(17)23-11-5-6-15(2)14-23/h4,7,10,15-16H,3,5-6,8-9,11-14H2,1-2H3. The van der Waals surface area contributed by atoms with Gasteiger partial charge in [0.05, 0.1) is 18.1 Å². The molecule has 6 heteroatoms. The number of piperidine rings is 2. The van der Waals surface area contributed by atoms with E-state index >= 15 is 0 Å². The monoisotopic (exact) mass is 359 g/mol. The Kier molecular flexibility index (Phi) is 6.12. The van der Waals surface area contributed by atoms with E-state index in [1.54, 1.807) is 6.20 Å². The maximum atomic E-state index is 13.1. The van der Waals surface area contributed by atoms with Crippen molar-refractivity contribution in [1.29, 1.82) is 0 Å². The van der Waals surface area contributed by atoms with Crippen LogP contribution in [0.4, 0.5) is 5.82 Å². The summed E-state index contributed by atoms with van der Waals surface area (Å²) in [7, 11) is 0. The largest absolute Gasteiger partial charge is 0.466 e. The zero-order chi connectivity index (χ0) is 18.5. The Hall–Kier alpha value is -2.11. The molecule has 0 saturated carbocycles. The van der Waals surface area contributed by atoms with Gasteiger partial charge in [-0.2, -0.15) is 0 Å². The number of carbonyl (C=O) groups is 2. The van der Waals surface area contributed by atoms with Crippen LogP contribution in [0.25, 0.3) is 0 Å². The quantitative estimate of drug-likeness (QED) is 0.774. The van der Waals surface area contributed by atoms with Gasteiger partial charge in [0.2, 0.25) is 0 Å². The second-order valence-electron chi connectivity index (χ2n) is 7.39. The summed E-state index contributed by atoms with van der Waals surface area (Å²) in [6.07, 6.45) is 5.46. The molecule has 0 aromatic carbocycles. The molecular formula is C20H29N3O3. The summed E-state index contributed by atoms with van der Waals surface area (Å²) in [5, 5.41) is 0. The summed E-state index contributed by atoms with van der Waals surface area (Å²) in [4.78, 5) is 33.6. The second-order valence-corrected chi connectivity index (χ2v) is 7.39. The highest BCUT2D eigenvalue weighted by Crippen LogP contribution is 2.27. The average molecular weight is 359 g/mol. The third kappa shape index (κ3) is 4.17. The number of hydrogen-bond acceptors (Lipinski definition) is 5. The normalized spacial score (nSPS) is 21.5. The molecule has 26 heavy (non-hydrogen) atoms. The van der Waals surface area contributed by atoms with E-state index in [4.69, 9.17) is 4.74 Å². The number of pyridine rings is 1. The molecule has 0 aliphatic carbocycles. The van der Waals surface area contributed by atoms with Gasteiger partial charge in [-0.05, 0) is 50.7 Å². The van der Waals surface area contributed by atoms with Crippen LogP contribution in [0.15, 0.2) is 18.3 Å². The molecule has 1 unspecified atom stereocenters.